The van der Waals surface area contributed by atoms with E-state index in [-0.39, 0.29) is 0 Å². The molecule has 2 rings (SSSR count). The number of hydrogen-bond acceptors (Lipinski definition) is 5. The Kier molecular flexibility index (Phi) is 4.85. The number of aryl methyl sites for hydroxylation is 2. The minimum Gasteiger partial charge on any atom is -0.495 e. The first-order valence-corrected chi connectivity index (χ1v) is 7.11. The molecule has 112 valence electrons. The third-order valence-electron chi connectivity index (χ3n) is 3.04. The molecule has 1 aromatic carbocycles. The highest BCUT2D eigenvalue weighted by Crippen LogP contribution is 2.33. The third kappa shape index (κ3) is 3.55. The van der Waals surface area contributed by atoms with Crippen LogP contribution in [0.4, 0.5) is 17.5 Å². The predicted molar refractivity (Wildman–Crippen MR) is 87.0 cm³/mol. The molecule has 6 heteroatoms. The Hall–Kier alpha value is -2.01. The summed E-state index contributed by atoms with van der Waals surface area (Å²) in [6.45, 7) is 6.67. The van der Waals surface area contributed by atoms with Crippen LogP contribution < -0.4 is 15.4 Å². The molecule has 0 aliphatic heterocycles. The van der Waals surface area contributed by atoms with Gasteiger partial charge in [0.1, 0.15) is 11.6 Å². The normalized spacial score (nSPS) is 10.3. The predicted octanol–water partition coefficient (Wildman–Crippen LogP) is 3.93. The molecule has 0 atom stereocenters. The number of nitrogens with one attached hydrogen (secondary N) is 2. The molecule has 0 bridgehead atoms. The summed E-state index contributed by atoms with van der Waals surface area (Å²) < 4.78 is 5.37. The second-order valence-corrected chi connectivity index (χ2v) is 5.09. The number of halogens is 1. The molecule has 0 aliphatic carbocycles. The quantitative estimate of drug-likeness (QED) is 0.876. The van der Waals surface area contributed by atoms with Gasteiger partial charge in [-0.1, -0.05) is 11.6 Å². The maximum atomic E-state index is 6.12. The minimum atomic E-state index is 0.593. The van der Waals surface area contributed by atoms with Crippen molar-refractivity contribution in [2.75, 3.05) is 24.3 Å². The zero-order valence-corrected chi connectivity index (χ0v) is 13.4. The fourth-order valence-electron chi connectivity index (χ4n) is 1.87. The average Bonchev–Trinajstić information content (AvgIpc) is 2.46. The summed E-state index contributed by atoms with van der Waals surface area (Å²) in [5, 5.41) is 7.05. The Morgan fingerprint density at radius 1 is 1.24 bits per heavy atom. The van der Waals surface area contributed by atoms with Gasteiger partial charge in [-0.3, -0.25) is 0 Å². The van der Waals surface area contributed by atoms with Crippen molar-refractivity contribution in [3.63, 3.8) is 0 Å². The van der Waals surface area contributed by atoms with E-state index in [1.807, 2.05) is 26.8 Å². The van der Waals surface area contributed by atoms with Crippen molar-refractivity contribution in [3.05, 3.63) is 34.5 Å². The highest BCUT2D eigenvalue weighted by molar-refractivity contribution is 6.31. The molecule has 5 nitrogen and oxygen atoms in total. The van der Waals surface area contributed by atoms with Gasteiger partial charge in [-0.05, 0) is 32.4 Å². The van der Waals surface area contributed by atoms with Gasteiger partial charge in [0.2, 0.25) is 5.95 Å². The van der Waals surface area contributed by atoms with E-state index in [4.69, 9.17) is 16.3 Å². The second kappa shape index (κ2) is 6.63. The van der Waals surface area contributed by atoms with Crippen LogP contribution in [0.2, 0.25) is 5.02 Å². The number of anilines is 3. The lowest BCUT2D eigenvalue weighted by molar-refractivity contribution is 0.416. The van der Waals surface area contributed by atoms with Crippen LogP contribution in [-0.2, 0) is 0 Å². The molecule has 1 heterocycles. The van der Waals surface area contributed by atoms with E-state index in [1.54, 1.807) is 19.4 Å². The summed E-state index contributed by atoms with van der Waals surface area (Å²) >= 11 is 6.12. The van der Waals surface area contributed by atoms with Crippen LogP contribution in [-0.4, -0.2) is 23.6 Å². The van der Waals surface area contributed by atoms with Crippen LogP contribution in [0.3, 0.4) is 0 Å². The maximum absolute atomic E-state index is 6.12. The number of benzene rings is 1. The molecular formula is C15H19ClN4O. The molecule has 0 aliphatic rings. The molecule has 0 spiro atoms. The first-order valence-electron chi connectivity index (χ1n) is 6.73. The first-order chi connectivity index (χ1) is 10.0. The summed E-state index contributed by atoms with van der Waals surface area (Å²) in [5.41, 5.74) is 2.74. The van der Waals surface area contributed by atoms with Crippen molar-refractivity contribution in [1.82, 2.24) is 9.97 Å². The van der Waals surface area contributed by atoms with Gasteiger partial charge in [-0.2, -0.15) is 4.98 Å². The van der Waals surface area contributed by atoms with E-state index in [1.165, 1.54) is 0 Å². The van der Waals surface area contributed by atoms with E-state index >= 15 is 0 Å². The van der Waals surface area contributed by atoms with Gasteiger partial charge < -0.3 is 15.4 Å². The number of hydrogen-bond donors (Lipinski definition) is 2. The number of methoxy groups -OCH3 is 1. The van der Waals surface area contributed by atoms with Crippen LogP contribution in [0.25, 0.3) is 0 Å². The summed E-state index contributed by atoms with van der Waals surface area (Å²) in [7, 11) is 1.61. The van der Waals surface area contributed by atoms with E-state index in [0.29, 0.717) is 16.7 Å². The van der Waals surface area contributed by atoms with Gasteiger partial charge in [0, 0.05) is 29.4 Å². The summed E-state index contributed by atoms with van der Waals surface area (Å²) in [4.78, 5) is 8.69. The largest absolute Gasteiger partial charge is 0.495 e. The number of nitrogens with zero attached hydrogens (tertiary/aromatic N) is 2. The van der Waals surface area contributed by atoms with E-state index in [2.05, 4.69) is 20.6 Å². The molecule has 2 N–H and O–H groups in total. The Balaban J connectivity index is 2.37. The van der Waals surface area contributed by atoms with Crippen LogP contribution in [0.5, 0.6) is 5.75 Å². The highest BCUT2D eigenvalue weighted by atomic mass is 35.5. The zero-order valence-electron chi connectivity index (χ0n) is 12.6. The van der Waals surface area contributed by atoms with E-state index in [0.717, 1.165) is 29.2 Å². The number of rotatable bonds is 5. The number of aromatic nitrogens is 2. The van der Waals surface area contributed by atoms with Gasteiger partial charge >= 0.3 is 0 Å². The van der Waals surface area contributed by atoms with Gasteiger partial charge in [-0.25, -0.2) is 4.98 Å². The summed E-state index contributed by atoms with van der Waals surface area (Å²) in [6.07, 6.45) is 1.78. The molecule has 1 aromatic heterocycles. The molecule has 0 amide bonds. The standard InChI is InChI=1S/C15H19ClN4O/c1-5-17-15-18-8-10(3)14(20-15)19-12-6-9(2)11(16)7-13(12)21-4/h6-8H,5H2,1-4H3,(H2,17,18,19,20). The fraction of sp³-hybridized carbons (Fsp3) is 0.333. The van der Waals surface area contributed by atoms with E-state index < -0.39 is 0 Å². The monoisotopic (exact) mass is 306 g/mol. The van der Waals surface area contributed by atoms with Crippen LogP contribution in [0.15, 0.2) is 18.3 Å². The highest BCUT2D eigenvalue weighted by Gasteiger charge is 2.10. The second-order valence-electron chi connectivity index (χ2n) is 4.68. The average molecular weight is 307 g/mol. The lowest BCUT2D eigenvalue weighted by Gasteiger charge is -2.14. The summed E-state index contributed by atoms with van der Waals surface area (Å²) in [5.74, 6) is 2.00. The summed E-state index contributed by atoms with van der Waals surface area (Å²) in [6, 6.07) is 3.73. The molecule has 0 saturated heterocycles. The lowest BCUT2D eigenvalue weighted by Crippen LogP contribution is -2.06. The van der Waals surface area contributed by atoms with E-state index in [9.17, 15) is 0 Å². The molecule has 0 fully saturated rings. The molecule has 0 radical (unpaired) electrons. The van der Waals surface area contributed by atoms with Gasteiger partial charge in [0.15, 0.2) is 0 Å². The Labute approximate surface area is 129 Å². The maximum Gasteiger partial charge on any atom is 0.224 e. The SMILES string of the molecule is CCNc1ncc(C)c(Nc2cc(C)c(Cl)cc2OC)n1. The minimum absolute atomic E-state index is 0.593. The van der Waals surface area contributed by atoms with Crippen LogP contribution in [0, 0.1) is 13.8 Å². The van der Waals surface area contributed by atoms with Crippen molar-refractivity contribution in [2.45, 2.75) is 20.8 Å². The third-order valence-corrected chi connectivity index (χ3v) is 3.45. The van der Waals surface area contributed by atoms with Gasteiger partial charge in [0.25, 0.3) is 0 Å². The Morgan fingerprint density at radius 2 is 2.00 bits per heavy atom. The van der Waals surface area contributed by atoms with Crippen LogP contribution in [0.1, 0.15) is 18.1 Å². The smallest absolute Gasteiger partial charge is 0.224 e. The Bertz CT molecular complexity index is 646. The lowest BCUT2D eigenvalue weighted by atomic mass is 10.2. The zero-order chi connectivity index (χ0) is 15.4. The van der Waals surface area contributed by atoms with Crippen molar-refractivity contribution >= 4 is 29.1 Å². The molecular weight excluding hydrogens is 288 g/mol. The van der Waals surface area contributed by atoms with Gasteiger partial charge in [0.05, 0.1) is 12.8 Å². The molecule has 0 saturated carbocycles. The van der Waals surface area contributed by atoms with Gasteiger partial charge in [-0.15, -0.1) is 0 Å². The van der Waals surface area contributed by atoms with Crippen molar-refractivity contribution in [2.24, 2.45) is 0 Å². The molecule has 2 aromatic rings. The van der Waals surface area contributed by atoms with Crippen molar-refractivity contribution in [1.29, 1.82) is 0 Å². The Morgan fingerprint density at radius 3 is 2.67 bits per heavy atom. The van der Waals surface area contributed by atoms with Crippen LogP contribution >= 0.6 is 11.6 Å². The van der Waals surface area contributed by atoms with Crippen molar-refractivity contribution < 1.29 is 4.74 Å². The molecule has 21 heavy (non-hydrogen) atoms. The molecule has 0 unspecified atom stereocenters. The topological polar surface area (TPSA) is 59.1 Å². The van der Waals surface area contributed by atoms with Crippen molar-refractivity contribution in [3.8, 4) is 5.75 Å². The fourth-order valence-corrected chi connectivity index (χ4v) is 2.02. The first kappa shape index (κ1) is 15.4. The number of ether oxygens (including phenoxy) is 1.